The minimum atomic E-state index is -5.38. The summed E-state index contributed by atoms with van der Waals surface area (Å²) in [5.41, 5.74) is -0.808. The molecule has 9 nitrogen and oxygen atoms in total. The van der Waals surface area contributed by atoms with Gasteiger partial charge in [0.15, 0.2) is 6.54 Å². The van der Waals surface area contributed by atoms with E-state index in [1.807, 2.05) is 23.1 Å². The number of halogens is 5. The highest BCUT2D eigenvalue weighted by molar-refractivity contribution is 6.31. The summed E-state index contributed by atoms with van der Waals surface area (Å²) in [5, 5.41) is 8.85. The largest absolute Gasteiger partial charge is 0.493 e. The normalized spacial score (nSPS) is 23.6. The van der Waals surface area contributed by atoms with Gasteiger partial charge in [-0.05, 0) is 68.3 Å². The number of amides is 2. The Bertz CT molecular complexity index is 1590. The predicted molar refractivity (Wildman–Crippen MR) is 165 cm³/mol. The van der Waals surface area contributed by atoms with Crippen LogP contribution in [0.25, 0.3) is 0 Å². The van der Waals surface area contributed by atoms with Crippen LogP contribution < -0.4 is 5.06 Å². The molecule has 0 aromatic heterocycles. The predicted octanol–water partition coefficient (Wildman–Crippen LogP) is 6.25. The molecule has 2 heterocycles. The number of fused-ring (bicyclic) bond motifs is 1. The average molecular weight is 681 g/mol. The molecule has 0 radical (unpaired) electrons. The van der Waals surface area contributed by atoms with Crippen LogP contribution in [0.1, 0.15) is 42.1 Å². The molecule has 2 atom stereocenters. The maximum Gasteiger partial charge on any atom is 0.493 e. The van der Waals surface area contributed by atoms with Crippen molar-refractivity contribution in [2.75, 3.05) is 31.2 Å². The Labute approximate surface area is 273 Å². The molecule has 2 aliphatic heterocycles. The van der Waals surface area contributed by atoms with Crippen molar-refractivity contribution in [3.05, 3.63) is 87.9 Å². The lowest BCUT2D eigenvalue weighted by Gasteiger charge is -2.44. The summed E-state index contributed by atoms with van der Waals surface area (Å²) in [4.78, 5) is 47.1. The van der Waals surface area contributed by atoms with E-state index in [1.54, 1.807) is 13.0 Å². The van der Waals surface area contributed by atoms with Crippen LogP contribution in [0.2, 0.25) is 10.0 Å². The zero-order chi connectivity index (χ0) is 33.3. The second-order valence-electron chi connectivity index (χ2n) is 11.7. The molecule has 46 heavy (non-hydrogen) atoms. The van der Waals surface area contributed by atoms with E-state index in [-0.39, 0.29) is 41.0 Å². The van der Waals surface area contributed by atoms with Gasteiger partial charge in [-0.15, -0.1) is 5.06 Å². The van der Waals surface area contributed by atoms with E-state index >= 15 is 0 Å². The summed E-state index contributed by atoms with van der Waals surface area (Å²) < 4.78 is 46.1. The summed E-state index contributed by atoms with van der Waals surface area (Å²) in [7, 11) is 0. The molecule has 2 aromatic rings. The number of hydrogen-bond acceptors (Lipinski definition) is 6. The second kappa shape index (κ2) is 13.2. The molecule has 5 rings (SSSR count). The second-order valence-corrected chi connectivity index (χ2v) is 12.6. The van der Waals surface area contributed by atoms with Gasteiger partial charge in [-0.25, -0.2) is 14.1 Å². The number of hydroxylamine groups is 1. The van der Waals surface area contributed by atoms with E-state index in [0.717, 1.165) is 0 Å². The molecule has 0 bridgehead atoms. The minimum Gasteiger partial charge on any atom is -0.361 e. The molecule has 0 spiro atoms. The number of amidine groups is 1. The number of piperidine rings is 1. The summed E-state index contributed by atoms with van der Waals surface area (Å²) in [5.74, 6) is -3.68. The Balaban J connectivity index is 1.60. The van der Waals surface area contributed by atoms with E-state index in [9.17, 15) is 27.6 Å². The van der Waals surface area contributed by atoms with Gasteiger partial charge in [0, 0.05) is 35.1 Å². The molecule has 244 valence electrons. The molecule has 14 heteroatoms. The number of allylic oxidation sites excluding steroid dienone is 2. The minimum absolute atomic E-state index is 0.0855. The van der Waals surface area contributed by atoms with E-state index in [4.69, 9.17) is 33.3 Å². The van der Waals surface area contributed by atoms with Gasteiger partial charge < -0.3 is 14.5 Å². The van der Waals surface area contributed by atoms with Gasteiger partial charge >= 0.3 is 24.0 Å². The number of carbonyl (C=O) groups excluding carboxylic acids is 3. The summed E-state index contributed by atoms with van der Waals surface area (Å²) in [6.45, 7) is 2.03. The van der Waals surface area contributed by atoms with Crippen LogP contribution in [0.5, 0.6) is 0 Å². The first-order valence-corrected chi connectivity index (χ1v) is 15.4. The van der Waals surface area contributed by atoms with Crippen molar-refractivity contribution in [1.82, 2.24) is 4.90 Å². The Hall–Kier alpha value is -3.71. The topological polar surface area (TPSA) is 100 Å². The number of likely N-dealkylation sites (tertiary alicyclic amines) is 1. The van der Waals surface area contributed by atoms with Crippen molar-refractivity contribution in [1.29, 1.82) is 5.41 Å². The standard InChI is InChI=1S/C32H32Cl2F3N4O5/c1-21(38)39-15-11-26(12-16-39)45-31(13-3-2-4-14-31)20-41(29(43)22-5-7-24(33)8-6-22)18-23-17-25(34)9-10-27(23)40(28(42)19-41)46-30(44)32(35,36)37/h2-10,13,17,26,38H,11-12,14-16,18-20H2,1H3/q+1. The molecule has 3 aliphatic rings. The van der Waals surface area contributed by atoms with Crippen LogP contribution in [0.15, 0.2) is 66.8 Å². The number of rotatable bonds is 6. The Morgan fingerprint density at radius 1 is 1.04 bits per heavy atom. The van der Waals surface area contributed by atoms with Crippen LogP contribution >= 0.6 is 23.2 Å². The van der Waals surface area contributed by atoms with Crippen molar-refractivity contribution in [2.45, 2.75) is 50.6 Å². The summed E-state index contributed by atoms with van der Waals surface area (Å²) in [6.07, 6.45) is 3.36. The molecule has 1 N–H and O–H groups in total. The Morgan fingerprint density at radius 2 is 1.72 bits per heavy atom. The van der Waals surface area contributed by atoms with Crippen LogP contribution in [-0.2, 0) is 25.7 Å². The van der Waals surface area contributed by atoms with E-state index in [1.165, 1.54) is 42.5 Å². The quantitative estimate of drug-likeness (QED) is 0.220. The third-order valence-corrected chi connectivity index (χ3v) is 8.81. The fourth-order valence-electron chi connectivity index (χ4n) is 6.19. The molecule has 1 saturated heterocycles. The van der Waals surface area contributed by atoms with Gasteiger partial charge in [-0.2, -0.15) is 13.2 Å². The zero-order valence-corrected chi connectivity index (χ0v) is 26.4. The zero-order valence-electron chi connectivity index (χ0n) is 24.9. The molecular formula is C32H32Cl2F3N4O5+. The lowest BCUT2D eigenvalue weighted by molar-refractivity contribution is -0.860. The maximum atomic E-state index is 14.6. The Morgan fingerprint density at radius 3 is 2.33 bits per heavy atom. The number of hydrogen-bond donors (Lipinski definition) is 1. The van der Waals surface area contributed by atoms with Crippen molar-refractivity contribution < 1.29 is 41.6 Å². The first-order valence-electron chi connectivity index (χ1n) is 14.6. The first-order chi connectivity index (χ1) is 21.7. The lowest BCUT2D eigenvalue weighted by Crippen LogP contribution is -2.62. The number of ether oxygens (including phenoxy) is 1. The van der Waals surface area contributed by atoms with E-state index in [2.05, 4.69) is 4.84 Å². The van der Waals surface area contributed by atoms with Gasteiger partial charge in [0.25, 0.3) is 0 Å². The number of quaternary nitrogens is 1. The molecule has 2 amide bonds. The van der Waals surface area contributed by atoms with Crippen LogP contribution in [0, 0.1) is 5.41 Å². The molecule has 0 saturated carbocycles. The molecule has 2 aromatic carbocycles. The fraction of sp³-hybridized carbons (Fsp3) is 0.375. The SMILES string of the molecule is CC(=N)N1CCC(OC2(C[N+]3(C(=O)c4ccc(Cl)cc4)CC(=O)N(OC(=O)C(F)(F)F)c4ccc(Cl)cc4C3)C=CC=CC2)CC1. The van der Waals surface area contributed by atoms with E-state index in [0.29, 0.717) is 48.3 Å². The number of anilines is 1. The van der Waals surface area contributed by atoms with Gasteiger partial charge in [-0.3, -0.25) is 10.2 Å². The van der Waals surface area contributed by atoms with Gasteiger partial charge in [0.2, 0.25) is 0 Å². The molecular weight excluding hydrogens is 648 g/mol. The van der Waals surface area contributed by atoms with Crippen LogP contribution in [0.4, 0.5) is 18.9 Å². The van der Waals surface area contributed by atoms with Crippen LogP contribution in [0.3, 0.4) is 0 Å². The van der Waals surface area contributed by atoms with Crippen molar-refractivity contribution in [3.8, 4) is 0 Å². The third-order valence-electron chi connectivity index (χ3n) is 8.32. The van der Waals surface area contributed by atoms with Gasteiger partial charge in [0.1, 0.15) is 18.7 Å². The molecule has 1 aliphatic carbocycles. The number of nitrogens with zero attached hydrogens (tertiary/aromatic N) is 3. The maximum absolute atomic E-state index is 14.6. The highest BCUT2D eigenvalue weighted by Gasteiger charge is 2.52. The highest BCUT2D eigenvalue weighted by atomic mass is 35.5. The smallest absolute Gasteiger partial charge is 0.361 e. The molecule has 1 fully saturated rings. The van der Waals surface area contributed by atoms with E-state index < -0.39 is 40.6 Å². The number of carbonyl (C=O) groups is 3. The van der Waals surface area contributed by atoms with Crippen molar-refractivity contribution in [2.24, 2.45) is 0 Å². The van der Waals surface area contributed by atoms with Gasteiger partial charge in [0.05, 0.1) is 23.2 Å². The third kappa shape index (κ3) is 7.30. The fourth-order valence-corrected chi connectivity index (χ4v) is 6.51. The molecule has 2 unspecified atom stereocenters. The number of alkyl halides is 3. The Kier molecular flexibility index (Phi) is 9.65. The number of nitrogens with one attached hydrogen (secondary N) is 1. The van der Waals surface area contributed by atoms with Gasteiger partial charge in [-0.1, -0.05) is 41.4 Å². The lowest BCUT2D eigenvalue weighted by atomic mass is 9.91. The van der Waals surface area contributed by atoms with Crippen molar-refractivity contribution in [3.63, 3.8) is 0 Å². The van der Waals surface area contributed by atoms with Crippen molar-refractivity contribution >= 4 is 52.5 Å². The average Bonchev–Trinajstić information content (AvgIpc) is 3.11. The summed E-state index contributed by atoms with van der Waals surface area (Å²) in [6, 6.07) is 10.2. The highest BCUT2D eigenvalue weighted by Crippen LogP contribution is 2.38. The summed E-state index contributed by atoms with van der Waals surface area (Å²) >= 11 is 12.4. The first kappa shape index (κ1) is 33.6. The van der Waals surface area contributed by atoms with Crippen LogP contribution in [-0.4, -0.2) is 77.1 Å². The monoisotopic (exact) mass is 679 g/mol. The number of benzene rings is 2.